The van der Waals surface area contributed by atoms with Gasteiger partial charge in [-0.05, 0) is 0 Å². The Hall–Kier alpha value is -1.15. The van der Waals surface area contributed by atoms with Crippen LogP contribution in [0.2, 0.25) is 0 Å². The van der Waals surface area contributed by atoms with E-state index in [1.165, 1.54) is 18.2 Å². The van der Waals surface area contributed by atoms with Crippen LogP contribution in [-0.2, 0) is 3.07 Å². The minimum atomic E-state index is -2.86. The molecular weight excluding hydrogens is 303 g/mol. The molecule has 1 aliphatic heterocycles. The Kier molecular flexibility index (Phi) is 2.16. The van der Waals surface area contributed by atoms with E-state index in [-0.39, 0.29) is 11.1 Å². The molecule has 0 fully saturated rings. The summed E-state index contributed by atoms with van der Waals surface area (Å²) >= 11 is -2.86. The molecule has 0 atom stereocenters. The number of benzene rings is 1. The van der Waals surface area contributed by atoms with Crippen molar-refractivity contribution in [1.29, 1.82) is 0 Å². The fraction of sp³-hybridized carbons (Fsp3) is 0. The van der Waals surface area contributed by atoms with Gasteiger partial charge in [0.15, 0.2) is 0 Å². The first-order valence-corrected chi connectivity index (χ1v) is 6.51. The fourth-order valence-corrected chi connectivity index (χ4v) is 3.45. The van der Waals surface area contributed by atoms with E-state index in [1.807, 2.05) is 0 Å². The zero-order chi connectivity index (χ0) is 10.3. The van der Waals surface area contributed by atoms with E-state index >= 15 is 0 Å². The van der Waals surface area contributed by atoms with Gasteiger partial charge in [-0.15, -0.1) is 0 Å². The van der Waals surface area contributed by atoms with Gasteiger partial charge in [-0.1, -0.05) is 0 Å². The molecule has 0 saturated carbocycles. The van der Waals surface area contributed by atoms with Gasteiger partial charge < -0.3 is 0 Å². The second kappa shape index (κ2) is 3.21. The van der Waals surface area contributed by atoms with E-state index in [9.17, 15) is 13.0 Å². The topological polar surface area (TPSA) is 83.8 Å². The SMILES string of the molecule is O=C(O)c1ccc2c(c1)I(O)OC2=O. The van der Waals surface area contributed by atoms with Gasteiger partial charge in [-0.3, -0.25) is 0 Å². The Morgan fingerprint density at radius 1 is 1.43 bits per heavy atom. The number of carboxylic acid groups (broad SMARTS) is 1. The number of carbonyl (C=O) groups is 2. The first kappa shape index (κ1) is 9.41. The molecule has 1 heterocycles. The molecule has 1 aromatic carbocycles. The van der Waals surface area contributed by atoms with Crippen LogP contribution in [-0.4, -0.2) is 20.5 Å². The van der Waals surface area contributed by atoms with Crippen molar-refractivity contribution in [3.8, 4) is 0 Å². The summed E-state index contributed by atoms with van der Waals surface area (Å²) in [6, 6.07) is 3.99. The summed E-state index contributed by atoms with van der Waals surface area (Å²) in [5.41, 5.74) is 0.334. The zero-order valence-corrected chi connectivity index (χ0v) is 8.89. The van der Waals surface area contributed by atoms with Gasteiger partial charge >= 0.3 is 86.7 Å². The molecule has 2 rings (SSSR count). The second-order valence-corrected chi connectivity index (χ2v) is 5.51. The predicted octanol–water partition coefficient (Wildman–Crippen LogP) is 1.05. The normalized spacial score (nSPS) is 16.4. The first-order valence-electron chi connectivity index (χ1n) is 3.59. The van der Waals surface area contributed by atoms with Crippen molar-refractivity contribution in [1.82, 2.24) is 0 Å². The van der Waals surface area contributed by atoms with Crippen molar-refractivity contribution in [2.24, 2.45) is 0 Å². The summed E-state index contributed by atoms with van der Waals surface area (Å²) in [5.74, 6) is -1.65. The van der Waals surface area contributed by atoms with Crippen molar-refractivity contribution in [3.63, 3.8) is 0 Å². The van der Waals surface area contributed by atoms with Gasteiger partial charge in [0.1, 0.15) is 0 Å². The van der Waals surface area contributed by atoms with Crippen LogP contribution in [0.25, 0.3) is 0 Å². The molecular formula is C8H5IO5. The Balaban J connectivity index is 2.55. The van der Waals surface area contributed by atoms with E-state index in [2.05, 4.69) is 3.07 Å². The molecule has 0 bridgehead atoms. The van der Waals surface area contributed by atoms with Gasteiger partial charge in [0.05, 0.1) is 0 Å². The molecule has 0 saturated heterocycles. The van der Waals surface area contributed by atoms with E-state index in [0.29, 0.717) is 3.57 Å². The van der Waals surface area contributed by atoms with Crippen molar-refractivity contribution in [3.05, 3.63) is 32.9 Å². The Labute approximate surface area is 86.8 Å². The van der Waals surface area contributed by atoms with Crippen LogP contribution in [0.3, 0.4) is 0 Å². The third-order valence-electron chi connectivity index (χ3n) is 1.75. The van der Waals surface area contributed by atoms with Crippen molar-refractivity contribution >= 4 is 32.6 Å². The third kappa shape index (κ3) is 1.36. The Morgan fingerprint density at radius 3 is 2.79 bits per heavy atom. The number of fused-ring (bicyclic) bond motifs is 1. The molecule has 0 unspecified atom stereocenters. The molecule has 0 aromatic heterocycles. The van der Waals surface area contributed by atoms with Crippen molar-refractivity contribution in [2.45, 2.75) is 0 Å². The molecule has 1 aromatic rings. The molecule has 0 amide bonds. The summed E-state index contributed by atoms with van der Waals surface area (Å²) in [7, 11) is 0. The van der Waals surface area contributed by atoms with Crippen LogP contribution >= 0.6 is 20.6 Å². The summed E-state index contributed by atoms with van der Waals surface area (Å²) in [6.07, 6.45) is 0. The van der Waals surface area contributed by atoms with Gasteiger partial charge in [0, 0.05) is 0 Å². The Morgan fingerprint density at radius 2 is 2.14 bits per heavy atom. The van der Waals surface area contributed by atoms with Crippen molar-refractivity contribution < 1.29 is 21.2 Å². The molecule has 0 spiro atoms. The van der Waals surface area contributed by atoms with E-state index in [4.69, 9.17) is 5.11 Å². The number of carboxylic acids is 1. The molecule has 14 heavy (non-hydrogen) atoms. The second-order valence-electron chi connectivity index (χ2n) is 2.60. The minimum absolute atomic E-state index is 0.0541. The number of hydrogen-bond acceptors (Lipinski definition) is 4. The van der Waals surface area contributed by atoms with Gasteiger partial charge in [-0.2, -0.15) is 0 Å². The molecule has 0 aliphatic carbocycles. The van der Waals surface area contributed by atoms with Crippen LogP contribution in [0.5, 0.6) is 0 Å². The molecule has 1 aliphatic rings. The van der Waals surface area contributed by atoms with Crippen LogP contribution < -0.4 is 0 Å². The molecule has 0 radical (unpaired) electrons. The summed E-state index contributed by atoms with van der Waals surface area (Å²) in [6.45, 7) is 0. The number of carbonyl (C=O) groups excluding carboxylic acids is 1. The monoisotopic (exact) mass is 308 g/mol. The van der Waals surface area contributed by atoms with Gasteiger partial charge in [0.25, 0.3) is 0 Å². The summed E-state index contributed by atoms with van der Waals surface area (Å²) in [5, 5.41) is 8.68. The van der Waals surface area contributed by atoms with Crippen LogP contribution in [0, 0.1) is 3.57 Å². The van der Waals surface area contributed by atoms with Crippen LogP contribution in [0.4, 0.5) is 0 Å². The quantitative estimate of drug-likeness (QED) is 0.758. The third-order valence-corrected chi connectivity index (χ3v) is 4.46. The predicted molar refractivity (Wildman–Crippen MR) is 53.8 cm³/mol. The molecule has 74 valence electrons. The first-order chi connectivity index (χ1) is 6.59. The van der Waals surface area contributed by atoms with E-state index in [0.717, 1.165) is 0 Å². The Bertz CT molecular complexity index is 428. The average molecular weight is 308 g/mol. The summed E-state index contributed by atoms with van der Waals surface area (Å²) < 4.78 is 14.4. The van der Waals surface area contributed by atoms with Crippen LogP contribution in [0.15, 0.2) is 18.2 Å². The molecule has 5 nitrogen and oxygen atoms in total. The van der Waals surface area contributed by atoms with Crippen LogP contribution in [0.1, 0.15) is 20.7 Å². The number of aromatic carboxylic acids is 1. The van der Waals surface area contributed by atoms with Crippen molar-refractivity contribution in [2.75, 3.05) is 0 Å². The number of hydrogen-bond donors (Lipinski definition) is 2. The van der Waals surface area contributed by atoms with Gasteiger partial charge in [-0.25, -0.2) is 0 Å². The average Bonchev–Trinajstić information content (AvgIpc) is 2.42. The zero-order valence-electron chi connectivity index (χ0n) is 6.73. The van der Waals surface area contributed by atoms with E-state index < -0.39 is 32.6 Å². The van der Waals surface area contributed by atoms with E-state index in [1.54, 1.807) is 0 Å². The maximum absolute atomic E-state index is 11.1. The molecule has 2 N–H and O–H groups in total. The summed E-state index contributed by atoms with van der Waals surface area (Å²) in [4.78, 5) is 21.7. The standard InChI is InChI=1S/C8H5IO5/c10-7(11)4-1-2-5-6(3-4)9(13)14-8(5)12/h1-3,13H,(H,10,11). The number of rotatable bonds is 1. The molecule has 6 heteroatoms. The number of halogens is 1. The maximum atomic E-state index is 11.1. The fourth-order valence-electron chi connectivity index (χ4n) is 1.10. The van der Waals surface area contributed by atoms with Gasteiger partial charge in [0.2, 0.25) is 0 Å².